The molecule has 0 saturated carbocycles. The highest BCUT2D eigenvalue weighted by atomic mass is 79.9. The van der Waals surface area contributed by atoms with Crippen molar-refractivity contribution >= 4 is 33.3 Å². The standard InChI is InChI=1S/C10H6BrClN2O2/c11-5-8(15)10-13-9(14-16-10)6-1-3-7(12)4-2-6/h1-4H,5H2. The zero-order valence-corrected chi connectivity index (χ0v) is 10.3. The Morgan fingerprint density at radius 3 is 2.69 bits per heavy atom. The highest BCUT2D eigenvalue weighted by Crippen LogP contribution is 2.18. The number of hydrogen-bond acceptors (Lipinski definition) is 4. The second kappa shape index (κ2) is 4.76. The lowest BCUT2D eigenvalue weighted by Gasteiger charge is -1.92. The van der Waals surface area contributed by atoms with Gasteiger partial charge in [0.1, 0.15) is 0 Å². The van der Waals surface area contributed by atoms with E-state index in [9.17, 15) is 4.79 Å². The van der Waals surface area contributed by atoms with Crippen LogP contribution in [0.15, 0.2) is 28.8 Å². The molecule has 0 spiro atoms. The molecule has 0 atom stereocenters. The molecule has 0 aliphatic carbocycles. The van der Waals surface area contributed by atoms with Gasteiger partial charge in [-0.15, -0.1) is 0 Å². The number of alkyl halides is 1. The molecule has 0 N–H and O–H groups in total. The van der Waals surface area contributed by atoms with E-state index in [0.29, 0.717) is 10.8 Å². The fourth-order valence-electron chi connectivity index (χ4n) is 1.11. The SMILES string of the molecule is O=C(CBr)c1nc(-c2ccc(Cl)cc2)no1. The average Bonchev–Trinajstić information content (AvgIpc) is 2.78. The van der Waals surface area contributed by atoms with Gasteiger partial charge in [0.25, 0.3) is 5.89 Å². The van der Waals surface area contributed by atoms with Crippen LogP contribution in [0.5, 0.6) is 0 Å². The molecule has 0 bridgehead atoms. The van der Waals surface area contributed by atoms with E-state index >= 15 is 0 Å². The molecule has 1 aromatic carbocycles. The molecule has 16 heavy (non-hydrogen) atoms. The van der Waals surface area contributed by atoms with Gasteiger partial charge in [0.2, 0.25) is 11.6 Å². The molecular weight excluding hydrogens is 295 g/mol. The predicted octanol–water partition coefficient (Wildman–Crippen LogP) is 2.97. The number of carbonyl (C=O) groups excluding carboxylic acids is 1. The second-order valence-electron chi connectivity index (χ2n) is 2.99. The first kappa shape index (κ1) is 11.3. The first-order valence-electron chi connectivity index (χ1n) is 4.39. The molecule has 0 aliphatic rings. The predicted molar refractivity (Wildman–Crippen MR) is 62.9 cm³/mol. The number of carbonyl (C=O) groups is 1. The molecule has 0 amide bonds. The van der Waals surface area contributed by atoms with Gasteiger partial charge in [-0.05, 0) is 24.3 Å². The monoisotopic (exact) mass is 300 g/mol. The molecule has 0 radical (unpaired) electrons. The van der Waals surface area contributed by atoms with E-state index in [2.05, 4.69) is 26.1 Å². The molecule has 0 saturated heterocycles. The van der Waals surface area contributed by atoms with Crippen LogP contribution in [0.3, 0.4) is 0 Å². The van der Waals surface area contributed by atoms with Crippen molar-refractivity contribution in [3.8, 4) is 11.4 Å². The van der Waals surface area contributed by atoms with Crippen LogP contribution in [0, 0.1) is 0 Å². The minimum Gasteiger partial charge on any atom is -0.330 e. The third-order valence-electron chi connectivity index (χ3n) is 1.89. The molecule has 82 valence electrons. The quantitative estimate of drug-likeness (QED) is 0.646. The zero-order chi connectivity index (χ0) is 11.5. The van der Waals surface area contributed by atoms with Crippen molar-refractivity contribution in [3.05, 3.63) is 35.2 Å². The molecule has 2 aromatic rings. The van der Waals surface area contributed by atoms with Crippen LogP contribution < -0.4 is 0 Å². The maximum absolute atomic E-state index is 11.2. The first-order chi connectivity index (χ1) is 7.70. The summed E-state index contributed by atoms with van der Waals surface area (Å²) in [6.45, 7) is 0. The van der Waals surface area contributed by atoms with Gasteiger partial charge in [-0.1, -0.05) is 32.7 Å². The first-order valence-corrected chi connectivity index (χ1v) is 5.89. The average molecular weight is 302 g/mol. The van der Waals surface area contributed by atoms with Crippen molar-refractivity contribution in [3.63, 3.8) is 0 Å². The van der Waals surface area contributed by atoms with E-state index in [4.69, 9.17) is 16.1 Å². The summed E-state index contributed by atoms with van der Waals surface area (Å²) in [6, 6.07) is 6.96. The van der Waals surface area contributed by atoms with E-state index < -0.39 is 0 Å². The van der Waals surface area contributed by atoms with E-state index in [1.54, 1.807) is 24.3 Å². The van der Waals surface area contributed by atoms with Crippen molar-refractivity contribution in [2.24, 2.45) is 0 Å². The van der Waals surface area contributed by atoms with Gasteiger partial charge >= 0.3 is 0 Å². The van der Waals surface area contributed by atoms with Gasteiger partial charge in [-0.3, -0.25) is 4.79 Å². The molecule has 1 heterocycles. The summed E-state index contributed by atoms with van der Waals surface area (Å²) in [4.78, 5) is 15.2. The molecule has 1 aromatic heterocycles. The number of rotatable bonds is 3. The fourth-order valence-corrected chi connectivity index (χ4v) is 1.48. The summed E-state index contributed by atoms with van der Waals surface area (Å²) in [5, 5.41) is 4.50. The van der Waals surface area contributed by atoms with Crippen LogP contribution in [0.1, 0.15) is 10.7 Å². The maximum atomic E-state index is 11.2. The molecule has 0 fully saturated rings. The smallest absolute Gasteiger partial charge is 0.295 e. The molecule has 2 rings (SSSR count). The molecule has 6 heteroatoms. The minimum atomic E-state index is -0.243. The van der Waals surface area contributed by atoms with Gasteiger partial charge in [0, 0.05) is 10.6 Å². The van der Waals surface area contributed by atoms with Crippen molar-refractivity contribution in [2.45, 2.75) is 0 Å². The topological polar surface area (TPSA) is 56.0 Å². The Kier molecular flexibility index (Phi) is 3.36. The van der Waals surface area contributed by atoms with Gasteiger partial charge in [-0.2, -0.15) is 4.98 Å². The number of nitrogens with zero attached hydrogens (tertiary/aromatic N) is 2. The molecule has 0 aliphatic heterocycles. The molecule has 0 unspecified atom stereocenters. The highest BCUT2D eigenvalue weighted by molar-refractivity contribution is 9.09. The van der Waals surface area contributed by atoms with Crippen LogP contribution in [0.25, 0.3) is 11.4 Å². The van der Waals surface area contributed by atoms with Gasteiger partial charge < -0.3 is 4.52 Å². The third kappa shape index (κ3) is 2.31. The van der Waals surface area contributed by atoms with E-state index in [1.165, 1.54) is 0 Å². The Morgan fingerprint density at radius 2 is 2.06 bits per heavy atom. The summed E-state index contributed by atoms with van der Waals surface area (Å²) in [5.41, 5.74) is 0.752. The highest BCUT2D eigenvalue weighted by Gasteiger charge is 2.14. The summed E-state index contributed by atoms with van der Waals surface area (Å²) >= 11 is 8.78. The number of benzene rings is 1. The van der Waals surface area contributed by atoms with Crippen molar-refractivity contribution in [1.82, 2.24) is 10.1 Å². The lowest BCUT2D eigenvalue weighted by molar-refractivity contribution is 0.0978. The summed E-state index contributed by atoms with van der Waals surface area (Å²) in [7, 11) is 0. The minimum absolute atomic E-state index is 0.00169. The lowest BCUT2D eigenvalue weighted by Crippen LogP contribution is -1.99. The summed E-state index contributed by atoms with van der Waals surface area (Å²) < 4.78 is 4.83. The summed E-state index contributed by atoms with van der Waals surface area (Å²) in [6.07, 6.45) is 0. The Labute approximate surface area is 105 Å². The van der Waals surface area contributed by atoms with E-state index in [-0.39, 0.29) is 17.0 Å². The van der Waals surface area contributed by atoms with Gasteiger partial charge in [0.05, 0.1) is 5.33 Å². The normalized spacial score (nSPS) is 10.4. The number of ketones is 1. The second-order valence-corrected chi connectivity index (χ2v) is 3.98. The lowest BCUT2D eigenvalue weighted by atomic mass is 10.2. The van der Waals surface area contributed by atoms with Crippen LogP contribution in [-0.4, -0.2) is 21.3 Å². The zero-order valence-electron chi connectivity index (χ0n) is 7.98. The number of Topliss-reactive ketones (excluding diaryl/α,β-unsaturated/α-hetero) is 1. The Balaban J connectivity index is 2.31. The van der Waals surface area contributed by atoms with Crippen LogP contribution in [0.2, 0.25) is 5.02 Å². The van der Waals surface area contributed by atoms with Crippen LogP contribution in [-0.2, 0) is 0 Å². The van der Waals surface area contributed by atoms with Crippen LogP contribution >= 0.6 is 27.5 Å². The number of aromatic nitrogens is 2. The van der Waals surface area contributed by atoms with Crippen molar-refractivity contribution in [2.75, 3.05) is 5.33 Å². The largest absolute Gasteiger partial charge is 0.330 e. The number of halogens is 2. The van der Waals surface area contributed by atoms with E-state index in [1.807, 2.05) is 0 Å². The third-order valence-corrected chi connectivity index (χ3v) is 2.65. The van der Waals surface area contributed by atoms with E-state index in [0.717, 1.165) is 5.56 Å². The maximum Gasteiger partial charge on any atom is 0.295 e. The van der Waals surface area contributed by atoms with Crippen molar-refractivity contribution < 1.29 is 9.32 Å². The summed E-state index contributed by atoms with van der Waals surface area (Å²) in [5.74, 6) is 0.135. The Bertz CT molecular complexity index is 510. The Morgan fingerprint density at radius 1 is 1.38 bits per heavy atom. The van der Waals surface area contributed by atoms with Gasteiger partial charge in [0.15, 0.2) is 0 Å². The molecule has 4 nitrogen and oxygen atoms in total. The van der Waals surface area contributed by atoms with Crippen LogP contribution in [0.4, 0.5) is 0 Å². The Hall–Kier alpha value is -1.20. The molecular formula is C10H6BrClN2O2. The van der Waals surface area contributed by atoms with Gasteiger partial charge in [-0.25, -0.2) is 0 Å². The van der Waals surface area contributed by atoms with Crippen molar-refractivity contribution in [1.29, 1.82) is 0 Å². The number of hydrogen-bond donors (Lipinski definition) is 0. The fraction of sp³-hybridized carbons (Fsp3) is 0.100.